The highest BCUT2D eigenvalue weighted by Crippen LogP contribution is 2.21. The first kappa shape index (κ1) is 24.3. The second-order valence-corrected chi connectivity index (χ2v) is 7.83. The van der Waals surface area contributed by atoms with Crippen molar-refractivity contribution in [3.8, 4) is 11.5 Å². The molecule has 0 spiro atoms. The van der Waals surface area contributed by atoms with Crippen LogP contribution in [0.25, 0.3) is 0 Å². The van der Waals surface area contributed by atoms with Crippen molar-refractivity contribution >= 4 is 0 Å². The van der Waals surface area contributed by atoms with Crippen molar-refractivity contribution in [2.45, 2.75) is 71.6 Å². The average Bonchev–Trinajstić information content (AvgIpc) is 2.69. The van der Waals surface area contributed by atoms with Gasteiger partial charge in [-0.15, -0.1) is 0 Å². The molecule has 1 aliphatic heterocycles. The van der Waals surface area contributed by atoms with Gasteiger partial charge in [0.05, 0.1) is 39.4 Å². The van der Waals surface area contributed by atoms with Crippen LogP contribution in [0.5, 0.6) is 11.5 Å². The summed E-state index contributed by atoms with van der Waals surface area (Å²) in [6, 6.07) is 8.12. The Morgan fingerprint density at radius 1 is 0.815 bits per heavy atom. The summed E-state index contributed by atoms with van der Waals surface area (Å²) >= 11 is 0. The number of rotatable bonds is 13. The normalized spacial score (nSPS) is 15.8. The standard InChI is InChI=1S/C23H40NO2.BrH/c1-3-5-6-11-19-25-22-14-13-15-23(21-22)26-20-12-10-18-24(4-2)16-8-7-9-17-24;/h13-15,21H,3-12,16-20H2,1-2H3;1H/q+1;/p-1. The number of halogens is 1. The summed E-state index contributed by atoms with van der Waals surface area (Å²) in [6.45, 7) is 11.6. The lowest BCUT2D eigenvalue weighted by atomic mass is 10.1. The molecule has 0 unspecified atom stereocenters. The molecule has 4 heteroatoms. The summed E-state index contributed by atoms with van der Waals surface area (Å²) in [5, 5.41) is 0. The molecule has 1 aromatic carbocycles. The van der Waals surface area contributed by atoms with E-state index < -0.39 is 0 Å². The number of benzene rings is 1. The van der Waals surface area contributed by atoms with Gasteiger partial charge in [-0.3, -0.25) is 0 Å². The van der Waals surface area contributed by atoms with E-state index >= 15 is 0 Å². The molecule has 156 valence electrons. The van der Waals surface area contributed by atoms with Gasteiger partial charge in [0.15, 0.2) is 0 Å². The lowest BCUT2D eigenvalue weighted by Crippen LogP contribution is -3.00. The lowest BCUT2D eigenvalue weighted by Gasteiger charge is -2.41. The Hall–Kier alpha value is -0.740. The summed E-state index contributed by atoms with van der Waals surface area (Å²) in [7, 11) is 0. The predicted molar refractivity (Wildman–Crippen MR) is 110 cm³/mol. The molecule has 2 rings (SSSR count). The van der Waals surface area contributed by atoms with E-state index in [1.165, 1.54) is 75.6 Å². The monoisotopic (exact) mass is 441 g/mol. The SMILES string of the molecule is CCCCCCOc1cccc(OCCCC[N+]2(CC)CCCCC2)c1.[Br-]. The van der Waals surface area contributed by atoms with Crippen LogP contribution in [0.4, 0.5) is 0 Å². The summed E-state index contributed by atoms with van der Waals surface area (Å²) in [5.74, 6) is 1.87. The number of quaternary nitrogens is 1. The Kier molecular flexibility index (Phi) is 12.9. The zero-order chi connectivity index (χ0) is 18.5. The van der Waals surface area contributed by atoms with Crippen molar-refractivity contribution < 1.29 is 30.9 Å². The first-order valence-corrected chi connectivity index (χ1v) is 11.0. The maximum Gasteiger partial charge on any atom is 0.122 e. The Balaban J connectivity index is 0.00000364. The Labute approximate surface area is 177 Å². The largest absolute Gasteiger partial charge is 1.00 e. The minimum Gasteiger partial charge on any atom is -1.00 e. The quantitative estimate of drug-likeness (QED) is 0.346. The molecule has 0 aliphatic carbocycles. The van der Waals surface area contributed by atoms with Crippen molar-refractivity contribution in [3.63, 3.8) is 0 Å². The molecular formula is C23H40BrNO2. The molecule has 1 aliphatic rings. The van der Waals surface area contributed by atoms with Gasteiger partial charge in [-0.2, -0.15) is 0 Å². The second kappa shape index (κ2) is 14.3. The third kappa shape index (κ3) is 9.34. The first-order chi connectivity index (χ1) is 12.8. The van der Waals surface area contributed by atoms with E-state index in [-0.39, 0.29) is 17.0 Å². The van der Waals surface area contributed by atoms with Crippen LogP contribution in [-0.4, -0.2) is 43.9 Å². The molecule has 3 nitrogen and oxygen atoms in total. The zero-order valence-corrected chi connectivity index (χ0v) is 19.1. The van der Waals surface area contributed by atoms with Gasteiger partial charge in [0.1, 0.15) is 11.5 Å². The molecule has 1 heterocycles. The molecular weight excluding hydrogens is 402 g/mol. The van der Waals surface area contributed by atoms with Crippen molar-refractivity contribution in [1.82, 2.24) is 0 Å². The number of nitrogens with zero attached hydrogens (tertiary/aromatic N) is 1. The fourth-order valence-corrected chi connectivity index (χ4v) is 3.99. The van der Waals surface area contributed by atoms with E-state index in [0.717, 1.165) is 37.6 Å². The molecule has 0 bridgehead atoms. The van der Waals surface area contributed by atoms with E-state index in [1.807, 2.05) is 24.3 Å². The van der Waals surface area contributed by atoms with Gasteiger partial charge in [0.25, 0.3) is 0 Å². The lowest BCUT2D eigenvalue weighted by molar-refractivity contribution is -0.931. The maximum atomic E-state index is 5.96. The highest BCUT2D eigenvalue weighted by Gasteiger charge is 2.26. The van der Waals surface area contributed by atoms with E-state index in [9.17, 15) is 0 Å². The van der Waals surface area contributed by atoms with Crippen molar-refractivity contribution in [3.05, 3.63) is 24.3 Å². The second-order valence-electron chi connectivity index (χ2n) is 7.83. The van der Waals surface area contributed by atoms with Crippen LogP contribution in [0.2, 0.25) is 0 Å². The summed E-state index contributed by atoms with van der Waals surface area (Å²) < 4.78 is 13.1. The summed E-state index contributed by atoms with van der Waals surface area (Å²) in [5.41, 5.74) is 0. The maximum absolute atomic E-state index is 5.96. The number of hydrogen-bond acceptors (Lipinski definition) is 2. The van der Waals surface area contributed by atoms with Gasteiger partial charge in [0.2, 0.25) is 0 Å². The van der Waals surface area contributed by atoms with E-state index in [0.29, 0.717) is 0 Å². The fourth-order valence-electron chi connectivity index (χ4n) is 3.99. The van der Waals surface area contributed by atoms with Crippen molar-refractivity contribution in [1.29, 1.82) is 0 Å². The van der Waals surface area contributed by atoms with Crippen LogP contribution in [0, 0.1) is 0 Å². The molecule has 27 heavy (non-hydrogen) atoms. The van der Waals surface area contributed by atoms with E-state index in [1.54, 1.807) is 0 Å². The number of piperidine rings is 1. The molecule has 1 aromatic rings. The minimum absolute atomic E-state index is 0. The van der Waals surface area contributed by atoms with E-state index in [2.05, 4.69) is 13.8 Å². The third-order valence-corrected chi connectivity index (χ3v) is 5.80. The molecule has 0 saturated carbocycles. The Morgan fingerprint density at radius 3 is 2.04 bits per heavy atom. The molecule has 1 saturated heterocycles. The van der Waals surface area contributed by atoms with Gasteiger partial charge in [0, 0.05) is 6.07 Å². The van der Waals surface area contributed by atoms with Crippen LogP contribution in [-0.2, 0) is 0 Å². The zero-order valence-electron chi connectivity index (χ0n) is 17.6. The van der Waals surface area contributed by atoms with Crippen LogP contribution >= 0.6 is 0 Å². The molecule has 0 amide bonds. The average molecular weight is 442 g/mol. The van der Waals surface area contributed by atoms with Gasteiger partial charge in [-0.25, -0.2) is 0 Å². The molecule has 0 N–H and O–H groups in total. The molecule has 0 radical (unpaired) electrons. The van der Waals surface area contributed by atoms with Gasteiger partial charge >= 0.3 is 0 Å². The van der Waals surface area contributed by atoms with Crippen LogP contribution < -0.4 is 26.5 Å². The smallest absolute Gasteiger partial charge is 0.122 e. The minimum atomic E-state index is 0. The van der Waals surface area contributed by atoms with Crippen LogP contribution in [0.15, 0.2) is 24.3 Å². The Morgan fingerprint density at radius 2 is 1.44 bits per heavy atom. The summed E-state index contributed by atoms with van der Waals surface area (Å²) in [6.07, 6.45) is 11.6. The highest BCUT2D eigenvalue weighted by molar-refractivity contribution is 5.32. The van der Waals surface area contributed by atoms with Crippen molar-refractivity contribution in [2.24, 2.45) is 0 Å². The van der Waals surface area contributed by atoms with Crippen LogP contribution in [0.3, 0.4) is 0 Å². The number of unbranched alkanes of at least 4 members (excludes halogenated alkanes) is 4. The molecule has 1 fully saturated rings. The molecule has 0 atom stereocenters. The predicted octanol–water partition coefficient (Wildman–Crippen LogP) is 2.83. The third-order valence-electron chi connectivity index (χ3n) is 5.80. The molecule has 0 aromatic heterocycles. The topological polar surface area (TPSA) is 18.5 Å². The van der Waals surface area contributed by atoms with Gasteiger partial charge in [-0.05, 0) is 57.6 Å². The van der Waals surface area contributed by atoms with Crippen molar-refractivity contribution in [2.75, 3.05) is 39.4 Å². The first-order valence-electron chi connectivity index (χ1n) is 11.0. The Bertz CT molecular complexity index is 489. The van der Waals surface area contributed by atoms with Gasteiger partial charge < -0.3 is 30.9 Å². The van der Waals surface area contributed by atoms with E-state index in [4.69, 9.17) is 9.47 Å². The number of hydrogen-bond donors (Lipinski definition) is 0. The number of likely N-dealkylation sites (tertiary alicyclic amines) is 1. The number of ether oxygens (including phenoxy) is 2. The fraction of sp³-hybridized carbons (Fsp3) is 0.739. The summed E-state index contributed by atoms with van der Waals surface area (Å²) in [4.78, 5) is 0. The van der Waals surface area contributed by atoms with Crippen LogP contribution in [0.1, 0.15) is 71.6 Å². The van der Waals surface area contributed by atoms with Gasteiger partial charge in [-0.1, -0.05) is 32.3 Å². The highest BCUT2D eigenvalue weighted by atomic mass is 79.9.